The molecule has 12 heavy (non-hydrogen) atoms. The molecule has 3 saturated carbocycles. The monoisotopic (exact) mass is 166 g/mol. The van der Waals surface area contributed by atoms with Gasteiger partial charge in [0.2, 0.25) is 0 Å². The van der Waals surface area contributed by atoms with Crippen molar-refractivity contribution in [2.45, 2.75) is 26.4 Å². The molecule has 2 bridgehead atoms. The number of carbonyl (C=O) groups excluding carboxylic acids is 1. The Hall–Kier alpha value is -0.630. The van der Waals surface area contributed by atoms with Crippen molar-refractivity contribution in [3.63, 3.8) is 0 Å². The second-order valence-corrected chi connectivity index (χ2v) is 4.55. The molecule has 3 aliphatic carbocycles. The van der Waals surface area contributed by atoms with Gasteiger partial charge in [-0.15, -0.1) is 0 Å². The Bertz CT molecular complexity index is 265. The van der Waals surface area contributed by atoms with Crippen molar-refractivity contribution >= 4 is 5.78 Å². The summed E-state index contributed by atoms with van der Waals surface area (Å²) in [6, 6.07) is 0. The molecular weight excluding hydrogens is 152 g/mol. The molecule has 0 spiro atoms. The van der Waals surface area contributed by atoms with E-state index in [9.17, 15) is 9.90 Å². The van der Waals surface area contributed by atoms with Crippen LogP contribution in [0.4, 0.5) is 0 Å². The maximum Gasteiger partial charge on any atom is 0.159 e. The van der Waals surface area contributed by atoms with Gasteiger partial charge >= 0.3 is 0 Å². The summed E-state index contributed by atoms with van der Waals surface area (Å²) in [4.78, 5) is 11.3. The van der Waals surface area contributed by atoms with E-state index in [1.54, 1.807) is 0 Å². The van der Waals surface area contributed by atoms with Crippen LogP contribution in [0.5, 0.6) is 0 Å². The van der Waals surface area contributed by atoms with E-state index < -0.39 is 0 Å². The average Bonchev–Trinajstić information content (AvgIpc) is 1.96. The van der Waals surface area contributed by atoms with Crippen LogP contribution in [0, 0.1) is 17.3 Å². The zero-order valence-corrected chi connectivity index (χ0v) is 7.50. The third-order valence-corrected chi connectivity index (χ3v) is 3.65. The number of fused-ring (bicyclic) bond motifs is 2. The molecule has 3 fully saturated rings. The van der Waals surface area contributed by atoms with Gasteiger partial charge in [-0.25, -0.2) is 0 Å². The van der Waals surface area contributed by atoms with Crippen LogP contribution in [0.25, 0.3) is 0 Å². The second kappa shape index (κ2) is 1.99. The first kappa shape index (κ1) is 7.99. The van der Waals surface area contributed by atoms with Crippen molar-refractivity contribution in [3.05, 3.63) is 12.2 Å². The van der Waals surface area contributed by atoms with Crippen molar-refractivity contribution in [1.82, 2.24) is 0 Å². The summed E-state index contributed by atoms with van der Waals surface area (Å²) in [5.41, 5.74) is 0.722. The van der Waals surface area contributed by atoms with E-state index in [0.717, 1.165) is 0 Å². The molecule has 0 saturated heterocycles. The minimum absolute atomic E-state index is 0.0174. The number of aliphatic hydroxyl groups excluding tert-OH is 1. The van der Waals surface area contributed by atoms with Gasteiger partial charge in [-0.3, -0.25) is 4.79 Å². The lowest BCUT2D eigenvalue weighted by Crippen LogP contribution is -2.62. The van der Waals surface area contributed by atoms with E-state index in [2.05, 4.69) is 20.4 Å². The minimum Gasteiger partial charge on any atom is -0.392 e. The Morgan fingerprint density at radius 3 is 2.50 bits per heavy atom. The largest absolute Gasteiger partial charge is 0.392 e. The molecule has 0 amide bonds. The molecule has 0 aliphatic heterocycles. The van der Waals surface area contributed by atoms with Crippen molar-refractivity contribution in [1.29, 1.82) is 0 Å². The van der Waals surface area contributed by atoms with Gasteiger partial charge < -0.3 is 5.11 Å². The fourth-order valence-corrected chi connectivity index (χ4v) is 2.77. The van der Waals surface area contributed by atoms with Crippen LogP contribution in [-0.2, 0) is 4.79 Å². The average molecular weight is 166 g/mol. The Balaban J connectivity index is 2.35. The summed E-state index contributed by atoms with van der Waals surface area (Å²) in [6.07, 6.45) is 0.175. The van der Waals surface area contributed by atoms with Crippen LogP contribution < -0.4 is 0 Å². The number of Topliss-reactive ketones (excluding diaryl/α,β-unsaturated/α-hetero) is 1. The molecule has 2 nitrogen and oxygen atoms in total. The van der Waals surface area contributed by atoms with Crippen LogP contribution in [0.15, 0.2) is 12.2 Å². The number of hydrogen-bond acceptors (Lipinski definition) is 2. The number of aliphatic hydroxyl groups is 1. The molecule has 0 unspecified atom stereocenters. The van der Waals surface area contributed by atoms with E-state index >= 15 is 0 Å². The van der Waals surface area contributed by atoms with Crippen LogP contribution in [0.2, 0.25) is 0 Å². The maximum atomic E-state index is 11.3. The number of ketones is 1. The van der Waals surface area contributed by atoms with Gasteiger partial charge in [-0.1, -0.05) is 20.4 Å². The summed E-state index contributed by atoms with van der Waals surface area (Å²) in [6.45, 7) is 7.96. The Morgan fingerprint density at radius 1 is 1.58 bits per heavy atom. The van der Waals surface area contributed by atoms with Gasteiger partial charge in [-0.05, 0) is 16.9 Å². The topological polar surface area (TPSA) is 37.3 Å². The zero-order chi connectivity index (χ0) is 9.09. The van der Waals surface area contributed by atoms with Crippen molar-refractivity contribution in [2.75, 3.05) is 0 Å². The van der Waals surface area contributed by atoms with Crippen molar-refractivity contribution in [3.8, 4) is 0 Å². The molecular formula is C10H14O2. The molecule has 3 aliphatic rings. The molecule has 66 valence electrons. The second-order valence-electron chi connectivity index (χ2n) is 4.55. The number of carbonyl (C=O) groups is 1. The fourth-order valence-electron chi connectivity index (χ4n) is 2.77. The summed E-state index contributed by atoms with van der Waals surface area (Å²) in [5.74, 6) is 0.332. The van der Waals surface area contributed by atoms with Gasteiger partial charge in [0, 0.05) is 12.3 Å². The maximum absolute atomic E-state index is 11.3. The first-order chi connectivity index (χ1) is 5.46. The first-order valence-electron chi connectivity index (χ1n) is 4.36. The predicted molar refractivity (Wildman–Crippen MR) is 45.5 cm³/mol. The fraction of sp³-hybridized carbons (Fsp3) is 0.700. The number of hydrogen-bond donors (Lipinski definition) is 1. The third kappa shape index (κ3) is 0.667. The summed E-state index contributed by atoms with van der Waals surface area (Å²) in [7, 11) is 0. The van der Waals surface area contributed by atoms with Gasteiger partial charge in [0.05, 0.1) is 6.10 Å². The predicted octanol–water partition coefficient (Wildman–Crippen LogP) is 1.15. The van der Waals surface area contributed by atoms with Crippen LogP contribution in [-0.4, -0.2) is 17.0 Å². The molecule has 0 aromatic heterocycles. The van der Waals surface area contributed by atoms with E-state index in [4.69, 9.17) is 0 Å². The summed E-state index contributed by atoms with van der Waals surface area (Å²) >= 11 is 0. The Labute approximate surface area is 72.3 Å². The lowest BCUT2D eigenvalue weighted by Gasteiger charge is -2.60. The highest BCUT2D eigenvalue weighted by Gasteiger charge is 2.61. The first-order valence-corrected chi connectivity index (χ1v) is 4.36. The molecule has 1 N–H and O–H groups in total. The Kier molecular flexibility index (Phi) is 1.33. The highest BCUT2D eigenvalue weighted by Crippen LogP contribution is 2.59. The summed E-state index contributed by atoms with van der Waals surface area (Å²) < 4.78 is 0. The van der Waals surface area contributed by atoms with Crippen molar-refractivity contribution < 1.29 is 9.90 Å². The molecule has 0 aromatic rings. The van der Waals surface area contributed by atoms with Crippen molar-refractivity contribution in [2.24, 2.45) is 17.3 Å². The third-order valence-electron chi connectivity index (χ3n) is 3.65. The smallest absolute Gasteiger partial charge is 0.159 e. The van der Waals surface area contributed by atoms with E-state index in [0.29, 0.717) is 12.0 Å². The molecule has 3 rings (SSSR count). The quantitative estimate of drug-likeness (QED) is 0.548. The van der Waals surface area contributed by atoms with E-state index in [1.807, 2.05) is 0 Å². The normalized spacial score (nSPS) is 44.1. The van der Waals surface area contributed by atoms with E-state index in [1.165, 1.54) is 0 Å². The molecule has 3 atom stereocenters. The van der Waals surface area contributed by atoms with Crippen LogP contribution >= 0.6 is 0 Å². The van der Waals surface area contributed by atoms with Crippen LogP contribution in [0.3, 0.4) is 0 Å². The van der Waals surface area contributed by atoms with E-state index in [-0.39, 0.29) is 29.1 Å². The molecule has 0 aromatic carbocycles. The van der Waals surface area contributed by atoms with Gasteiger partial charge in [-0.2, -0.15) is 0 Å². The minimum atomic E-state index is -0.315. The molecule has 2 heteroatoms. The lowest BCUT2D eigenvalue weighted by atomic mass is 9.45. The lowest BCUT2D eigenvalue weighted by molar-refractivity contribution is -0.169. The standard InChI is InChI=1S/C10H14O2/c1-5-7(11)4-6-9(12)8(5)10(6,2)3/h6,8-9,12H,1,4H2,2-3H3/t6-,8+,9-/m1/s1. The Morgan fingerprint density at radius 2 is 2.17 bits per heavy atom. The zero-order valence-electron chi connectivity index (χ0n) is 7.50. The van der Waals surface area contributed by atoms with Gasteiger partial charge in [0.1, 0.15) is 0 Å². The van der Waals surface area contributed by atoms with Gasteiger partial charge in [0.15, 0.2) is 5.78 Å². The molecule has 0 radical (unpaired) electrons. The summed E-state index contributed by atoms with van der Waals surface area (Å²) in [5, 5.41) is 9.64. The number of rotatable bonds is 0. The molecule has 0 heterocycles. The SMILES string of the molecule is C=C1C(=O)C[C@@H]2[C@@H](O)[C@H]1C2(C)C. The van der Waals surface area contributed by atoms with Crippen LogP contribution in [0.1, 0.15) is 20.3 Å². The van der Waals surface area contributed by atoms with Gasteiger partial charge in [0.25, 0.3) is 0 Å². The highest BCUT2D eigenvalue weighted by molar-refractivity contribution is 5.98. The highest BCUT2D eigenvalue weighted by atomic mass is 16.3.